The van der Waals surface area contributed by atoms with Crippen molar-refractivity contribution in [3.05, 3.63) is 86.6 Å². The minimum atomic E-state index is -0.688. The molecule has 0 radical (unpaired) electrons. The Morgan fingerprint density at radius 2 is 1.92 bits per heavy atom. The van der Waals surface area contributed by atoms with E-state index in [0.29, 0.717) is 10.2 Å². The number of pyridine rings is 1. The number of carbonyl (C=O) groups excluding carboxylic acids is 1. The lowest BCUT2D eigenvalue weighted by Gasteiger charge is -2.07. The van der Waals surface area contributed by atoms with Gasteiger partial charge in [-0.1, -0.05) is 30.3 Å². The van der Waals surface area contributed by atoms with E-state index >= 15 is 0 Å². The molecule has 26 heavy (non-hydrogen) atoms. The van der Waals surface area contributed by atoms with Crippen LogP contribution in [0.3, 0.4) is 0 Å². The summed E-state index contributed by atoms with van der Waals surface area (Å²) in [6.07, 6.45) is 2.67. The molecule has 0 aliphatic rings. The average Bonchev–Trinajstić information content (AvgIpc) is 3.10. The molecule has 0 bridgehead atoms. The quantitative estimate of drug-likeness (QED) is 0.582. The zero-order chi connectivity index (χ0) is 18.1. The van der Waals surface area contributed by atoms with Crippen LogP contribution >= 0.6 is 11.3 Å². The number of benzene rings is 1. The molecule has 0 saturated heterocycles. The molecular formula is C18H12N4O3S. The molecule has 0 saturated carbocycles. The second-order valence-electron chi connectivity index (χ2n) is 5.47. The number of hydrogen-bond donors (Lipinski definition) is 2. The van der Waals surface area contributed by atoms with E-state index in [1.807, 2.05) is 35.7 Å². The van der Waals surface area contributed by atoms with Crippen molar-refractivity contribution in [2.75, 3.05) is 5.43 Å². The number of thiophene rings is 1. The van der Waals surface area contributed by atoms with Gasteiger partial charge in [0.2, 0.25) is 0 Å². The predicted octanol–water partition coefficient (Wildman–Crippen LogP) is 2.20. The summed E-state index contributed by atoms with van der Waals surface area (Å²) in [4.78, 5) is 44.1. The number of aromatic nitrogens is 3. The molecule has 0 spiro atoms. The Hall–Kier alpha value is -3.52. The molecule has 1 aromatic carbocycles. The van der Waals surface area contributed by atoms with Crippen LogP contribution in [0.2, 0.25) is 0 Å². The highest BCUT2D eigenvalue weighted by Crippen LogP contribution is 2.30. The van der Waals surface area contributed by atoms with Crippen LogP contribution in [0, 0.1) is 0 Å². The number of aromatic amines is 1. The number of amides is 1. The molecule has 2 N–H and O–H groups in total. The van der Waals surface area contributed by atoms with E-state index in [2.05, 4.69) is 15.4 Å². The summed E-state index contributed by atoms with van der Waals surface area (Å²) in [6, 6.07) is 12.4. The van der Waals surface area contributed by atoms with E-state index in [4.69, 9.17) is 0 Å². The summed E-state index contributed by atoms with van der Waals surface area (Å²) in [6.45, 7) is 0. The van der Waals surface area contributed by atoms with Gasteiger partial charge < -0.3 is 4.98 Å². The number of rotatable bonds is 3. The van der Waals surface area contributed by atoms with Crippen molar-refractivity contribution < 1.29 is 4.79 Å². The van der Waals surface area contributed by atoms with E-state index in [1.165, 1.54) is 36.0 Å². The van der Waals surface area contributed by atoms with E-state index in [1.54, 1.807) is 0 Å². The van der Waals surface area contributed by atoms with Crippen LogP contribution in [0.5, 0.6) is 0 Å². The second kappa shape index (κ2) is 6.41. The maximum Gasteiger partial charge on any atom is 0.281 e. The summed E-state index contributed by atoms with van der Waals surface area (Å²) >= 11 is 1.36. The summed E-state index contributed by atoms with van der Waals surface area (Å²) < 4.78 is 0.996. The van der Waals surface area contributed by atoms with Crippen molar-refractivity contribution in [2.24, 2.45) is 0 Å². The van der Waals surface area contributed by atoms with Crippen molar-refractivity contribution >= 4 is 27.5 Å². The number of nitrogens with one attached hydrogen (secondary N) is 2. The maximum absolute atomic E-state index is 12.9. The Bertz CT molecular complexity index is 1220. The SMILES string of the molecule is O=C(Nn1cnc2scc(-c3ccccc3)c2c1=O)c1ccc[nH]c1=O. The van der Waals surface area contributed by atoms with Gasteiger partial charge in [0.25, 0.3) is 17.0 Å². The summed E-state index contributed by atoms with van der Waals surface area (Å²) in [5, 5.41) is 2.29. The van der Waals surface area contributed by atoms with E-state index in [0.717, 1.165) is 15.8 Å². The van der Waals surface area contributed by atoms with Gasteiger partial charge in [-0.05, 0) is 17.7 Å². The van der Waals surface area contributed by atoms with Gasteiger partial charge in [0.1, 0.15) is 16.7 Å². The highest BCUT2D eigenvalue weighted by atomic mass is 32.1. The highest BCUT2D eigenvalue weighted by molar-refractivity contribution is 7.17. The fraction of sp³-hybridized carbons (Fsp3) is 0. The number of hydrogen-bond acceptors (Lipinski definition) is 5. The van der Waals surface area contributed by atoms with Crippen molar-refractivity contribution in [1.82, 2.24) is 14.6 Å². The van der Waals surface area contributed by atoms with Crippen LogP contribution in [-0.4, -0.2) is 20.6 Å². The molecule has 128 valence electrons. The topological polar surface area (TPSA) is 96.8 Å². The number of H-pyrrole nitrogens is 1. The van der Waals surface area contributed by atoms with Crippen LogP contribution in [0.15, 0.2) is 70.0 Å². The van der Waals surface area contributed by atoms with E-state index in [9.17, 15) is 14.4 Å². The van der Waals surface area contributed by atoms with Crippen molar-refractivity contribution in [2.45, 2.75) is 0 Å². The standard InChI is InChI=1S/C18H12N4O3S/c23-15-12(7-4-8-19-15)16(24)21-22-10-20-17-14(18(22)25)13(9-26-17)11-5-2-1-3-6-11/h1-10H,(H,19,23)(H,21,24). The van der Waals surface area contributed by atoms with Crippen molar-refractivity contribution in [1.29, 1.82) is 0 Å². The predicted molar refractivity (Wildman–Crippen MR) is 100 cm³/mol. The molecule has 0 fully saturated rings. The molecular weight excluding hydrogens is 352 g/mol. The largest absolute Gasteiger partial charge is 0.328 e. The number of carbonyl (C=O) groups is 1. The monoisotopic (exact) mass is 364 g/mol. The Morgan fingerprint density at radius 3 is 2.69 bits per heavy atom. The Labute approximate surface area is 150 Å². The lowest BCUT2D eigenvalue weighted by Crippen LogP contribution is -2.35. The van der Waals surface area contributed by atoms with Crippen LogP contribution in [-0.2, 0) is 0 Å². The summed E-state index contributed by atoms with van der Waals surface area (Å²) in [7, 11) is 0. The molecule has 1 amide bonds. The number of nitrogens with zero attached hydrogens (tertiary/aromatic N) is 2. The van der Waals surface area contributed by atoms with Crippen LogP contribution in [0.1, 0.15) is 10.4 Å². The average molecular weight is 364 g/mol. The van der Waals surface area contributed by atoms with Crippen LogP contribution in [0.4, 0.5) is 0 Å². The molecule has 0 atom stereocenters. The molecule has 0 unspecified atom stereocenters. The fourth-order valence-corrected chi connectivity index (χ4v) is 3.52. The molecule has 4 aromatic rings. The van der Waals surface area contributed by atoms with Gasteiger partial charge in [-0.2, -0.15) is 0 Å². The molecule has 7 nitrogen and oxygen atoms in total. The molecule has 3 heterocycles. The van der Waals surface area contributed by atoms with E-state index < -0.39 is 17.0 Å². The molecule has 0 aliphatic carbocycles. The fourth-order valence-electron chi connectivity index (χ4n) is 2.61. The zero-order valence-corrected chi connectivity index (χ0v) is 14.1. The molecule has 3 aromatic heterocycles. The Morgan fingerprint density at radius 1 is 1.12 bits per heavy atom. The van der Waals surface area contributed by atoms with E-state index in [-0.39, 0.29) is 5.56 Å². The zero-order valence-electron chi connectivity index (χ0n) is 13.3. The lowest BCUT2D eigenvalue weighted by molar-refractivity contribution is 0.101. The minimum absolute atomic E-state index is 0.0897. The Balaban J connectivity index is 1.79. The molecule has 8 heteroatoms. The lowest BCUT2D eigenvalue weighted by atomic mass is 10.1. The van der Waals surface area contributed by atoms with Gasteiger partial charge in [-0.25, -0.2) is 9.66 Å². The van der Waals surface area contributed by atoms with Gasteiger partial charge in [0.15, 0.2) is 0 Å². The maximum atomic E-state index is 12.9. The summed E-state index contributed by atoms with van der Waals surface area (Å²) in [5.74, 6) is -0.688. The van der Waals surface area contributed by atoms with Crippen LogP contribution in [0.25, 0.3) is 21.3 Å². The molecule has 4 rings (SSSR count). The number of fused-ring (bicyclic) bond motifs is 1. The van der Waals surface area contributed by atoms with Gasteiger partial charge in [0, 0.05) is 17.1 Å². The minimum Gasteiger partial charge on any atom is -0.328 e. The third-order valence-electron chi connectivity index (χ3n) is 3.86. The molecule has 0 aliphatic heterocycles. The second-order valence-corrected chi connectivity index (χ2v) is 6.33. The van der Waals surface area contributed by atoms with Crippen LogP contribution < -0.4 is 16.5 Å². The van der Waals surface area contributed by atoms with Crippen molar-refractivity contribution in [3.8, 4) is 11.1 Å². The highest BCUT2D eigenvalue weighted by Gasteiger charge is 2.15. The van der Waals surface area contributed by atoms with Gasteiger partial charge in [0.05, 0.1) is 5.39 Å². The first-order chi connectivity index (χ1) is 12.6. The van der Waals surface area contributed by atoms with Gasteiger partial charge in [-0.15, -0.1) is 11.3 Å². The van der Waals surface area contributed by atoms with Gasteiger partial charge >= 0.3 is 0 Å². The van der Waals surface area contributed by atoms with Crippen molar-refractivity contribution in [3.63, 3.8) is 0 Å². The third kappa shape index (κ3) is 2.72. The normalized spacial score (nSPS) is 10.8. The first-order valence-electron chi connectivity index (χ1n) is 7.68. The Kier molecular flexibility index (Phi) is 3.94. The smallest absolute Gasteiger partial charge is 0.281 e. The summed E-state index contributed by atoms with van der Waals surface area (Å²) in [5.41, 5.74) is 3.03. The van der Waals surface area contributed by atoms with Gasteiger partial charge in [-0.3, -0.25) is 19.8 Å². The first kappa shape index (κ1) is 16.0. The first-order valence-corrected chi connectivity index (χ1v) is 8.56. The third-order valence-corrected chi connectivity index (χ3v) is 4.75.